The van der Waals surface area contributed by atoms with E-state index < -0.39 is 4.92 Å². The summed E-state index contributed by atoms with van der Waals surface area (Å²) in [6.45, 7) is 0. The van der Waals surface area contributed by atoms with E-state index in [-0.39, 0.29) is 11.6 Å². The van der Waals surface area contributed by atoms with Gasteiger partial charge in [0.2, 0.25) is 5.88 Å². The number of rotatable bonds is 2. The van der Waals surface area contributed by atoms with Gasteiger partial charge in [0.1, 0.15) is 11.3 Å². The summed E-state index contributed by atoms with van der Waals surface area (Å²) < 4.78 is 1.63. The smallest absolute Gasteiger partial charge is 0.270 e. The highest BCUT2D eigenvalue weighted by molar-refractivity contribution is 5.68. The van der Waals surface area contributed by atoms with Crippen LogP contribution in [0.3, 0.4) is 0 Å². The minimum atomic E-state index is -0.472. The normalized spacial score (nSPS) is 10.7. The Bertz CT molecular complexity index is 781. The number of imidazole rings is 1. The first-order chi connectivity index (χ1) is 9.16. The SMILES string of the molecule is O=[N+]([O-])c1cccc(-c2nc(O)c3cnccn23)c1. The second kappa shape index (κ2) is 4.05. The van der Waals surface area contributed by atoms with Gasteiger partial charge in [-0.2, -0.15) is 4.98 Å². The zero-order chi connectivity index (χ0) is 13.4. The van der Waals surface area contributed by atoms with Crippen molar-refractivity contribution < 1.29 is 10.0 Å². The first-order valence-electron chi connectivity index (χ1n) is 5.42. The molecule has 2 heterocycles. The molecule has 7 heteroatoms. The lowest BCUT2D eigenvalue weighted by Gasteiger charge is -2.00. The highest BCUT2D eigenvalue weighted by Crippen LogP contribution is 2.27. The van der Waals surface area contributed by atoms with Crippen LogP contribution in [0, 0.1) is 10.1 Å². The molecule has 3 aromatic rings. The molecule has 94 valence electrons. The van der Waals surface area contributed by atoms with Crippen LogP contribution in [-0.4, -0.2) is 24.4 Å². The van der Waals surface area contributed by atoms with Crippen LogP contribution in [0.5, 0.6) is 5.88 Å². The van der Waals surface area contributed by atoms with E-state index in [1.165, 1.54) is 18.3 Å². The molecule has 1 aromatic carbocycles. The minimum absolute atomic E-state index is 0.0252. The van der Waals surface area contributed by atoms with Crippen molar-refractivity contribution in [3.63, 3.8) is 0 Å². The molecule has 0 fully saturated rings. The molecule has 0 amide bonds. The predicted octanol–water partition coefficient (Wildman–Crippen LogP) is 2.01. The predicted molar refractivity (Wildman–Crippen MR) is 66.7 cm³/mol. The first kappa shape index (κ1) is 11.1. The fourth-order valence-corrected chi connectivity index (χ4v) is 1.89. The Morgan fingerprint density at radius 2 is 2.21 bits per heavy atom. The summed E-state index contributed by atoms with van der Waals surface area (Å²) in [5.41, 5.74) is 0.975. The van der Waals surface area contributed by atoms with Crippen molar-refractivity contribution in [3.05, 3.63) is 53.0 Å². The number of aromatic nitrogens is 3. The molecule has 3 rings (SSSR count). The standard InChI is InChI=1S/C12H8N4O3/c17-12-10-7-13-4-5-15(10)11(14-12)8-2-1-3-9(6-8)16(18)19/h1-7,17H. The zero-order valence-corrected chi connectivity index (χ0v) is 9.59. The van der Waals surface area contributed by atoms with Gasteiger partial charge in [0, 0.05) is 30.1 Å². The number of hydrogen-bond acceptors (Lipinski definition) is 5. The molecule has 0 saturated heterocycles. The van der Waals surface area contributed by atoms with E-state index in [9.17, 15) is 15.2 Å². The number of nitrogens with zero attached hydrogens (tertiary/aromatic N) is 4. The van der Waals surface area contributed by atoms with E-state index in [4.69, 9.17) is 0 Å². The Labute approximate surface area is 106 Å². The topological polar surface area (TPSA) is 93.6 Å². The monoisotopic (exact) mass is 256 g/mol. The molecule has 19 heavy (non-hydrogen) atoms. The lowest BCUT2D eigenvalue weighted by molar-refractivity contribution is -0.384. The van der Waals surface area contributed by atoms with Gasteiger partial charge in [-0.05, 0) is 0 Å². The van der Waals surface area contributed by atoms with E-state index >= 15 is 0 Å². The highest BCUT2D eigenvalue weighted by Gasteiger charge is 2.14. The molecule has 0 aliphatic carbocycles. The Balaban J connectivity index is 2.25. The highest BCUT2D eigenvalue weighted by atomic mass is 16.6. The molecule has 0 bridgehead atoms. The molecule has 2 aromatic heterocycles. The largest absolute Gasteiger partial charge is 0.492 e. The molecular weight excluding hydrogens is 248 g/mol. The molecule has 0 spiro atoms. The second-order valence-corrected chi connectivity index (χ2v) is 3.90. The number of nitro benzene ring substituents is 1. The molecule has 0 saturated carbocycles. The summed E-state index contributed by atoms with van der Waals surface area (Å²) in [7, 11) is 0. The van der Waals surface area contributed by atoms with Crippen molar-refractivity contribution in [2.75, 3.05) is 0 Å². The van der Waals surface area contributed by atoms with E-state index in [0.29, 0.717) is 16.9 Å². The van der Waals surface area contributed by atoms with Crippen LogP contribution in [0.15, 0.2) is 42.9 Å². The van der Waals surface area contributed by atoms with Gasteiger partial charge in [-0.25, -0.2) is 0 Å². The van der Waals surface area contributed by atoms with Crippen molar-refractivity contribution in [1.82, 2.24) is 14.4 Å². The van der Waals surface area contributed by atoms with Gasteiger partial charge in [0.25, 0.3) is 5.69 Å². The van der Waals surface area contributed by atoms with Gasteiger partial charge in [-0.1, -0.05) is 12.1 Å². The van der Waals surface area contributed by atoms with Crippen molar-refractivity contribution in [2.45, 2.75) is 0 Å². The molecule has 0 unspecified atom stereocenters. The van der Waals surface area contributed by atoms with Crippen LogP contribution in [0.25, 0.3) is 16.9 Å². The molecule has 1 N–H and O–H groups in total. The number of non-ortho nitro benzene ring substituents is 1. The van der Waals surface area contributed by atoms with Gasteiger partial charge in [-0.3, -0.25) is 19.5 Å². The molecule has 0 aliphatic heterocycles. The third kappa shape index (κ3) is 1.77. The summed E-state index contributed by atoms with van der Waals surface area (Å²) in [4.78, 5) is 18.2. The summed E-state index contributed by atoms with van der Waals surface area (Å²) >= 11 is 0. The van der Waals surface area contributed by atoms with Crippen molar-refractivity contribution >= 4 is 11.2 Å². The Morgan fingerprint density at radius 3 is 3.00 bits per heavy atom. The van der Waals surface area contributed by atoms with Crippen LogP contribution in [0.1, 0.15) is 0 Å². The third-order valence-electron chi connectivity index (χ3n) is 2.74. The second-order valence-electron chi connectivity index (χ2n) is 3.90. The molecular formula is C12H8N4O3. The van der Waals surface area contributed by atoms with E-state index in [2.05, 4.69) is 9.97 Å². The summed E-state index contributed by atoms with van der Waals surface area (Å²) in [6.07, 6.45) is 4.66. The van der Waals surface area contributed by atoms with Crippen LogP contribution in [-0.2, 0) is 0 Å². The minimum Gasteiger partial charge on any atom is -0.492 e. The zero-order valence-electron chi connectivity index (χ0n) is 9.59. The summed E-state index contributed by atoms with van der Waals surface area (Å²) in [5.74, 6) is 0.271. The van der Waals surface area contributed by atoms with Crippen LogP contribution in [0.2, 0.25) is 0 Å². The van der Waals surface area contributed by atoms with Gasteiger partial charge in [-0.15, -0.1) is 0 Å². The van der Waals surface area contributed by atoms with Crippen molar-refractivity contribution in [1.29, 1.82) is 0 Å². The maximum atomic E-state index is 10.8. The average molecular weight is 256 g/mol. The van der Waals surface area contributed by atoms with Gasteiger partial charge >= 0.3 is 0 Å². The molecule has 0 atom stereocenters. The maximum Gasteiger partial charge on any atom is 0.270 e. The Hall–Kier alpha value is -2.96. The van der Waals surface area contributed by atoms with Gasteiger partial charge in [0.05, 0.1) is 11.1 Å². The fourth-order valence-electron chi connectivity index (χ4n) is 1.89. The van der Waals surface area contributed by atoms with Gasteiger partial charge in [0.15, 0.2) is 0 Å². The van der Waals surface area contributed by atoms with Crippen molar-refractivity contribution in [2.24, 2.45) is 0 Å². The molecule has 0 radical (unpaired) electrons. The first-order valence-corrected chi connectivity index (χ1v) is 5.42. The lowest BCUT2D eigenvalue weighted by atomic mass is 10.2. The van der Waals surface area contributed by atoms with E-state index in [0.717, 1.165) is 0 Å². The van der Waals surface area contributed by atoms with Gasteiger partial charge < -0.3 is 5.11 Å². The fraction of sp³-hybridized carbons (Fsp3) is 0. The summed E-state index contributed by atoms with van der Waals surface area (Å²) in [6, 6.07) is 6.09. The number of nitro groups is 1. The number of hydrogen-bond donors (Lipinski definition) is 1. The summed E-state index contributed by atoms with van der Waals surface area (Å²) in [5, 5.41) is 20.5. The van der Waals surface area contributed by atoms with Crippen LogP contribution in [0.4, 0.5) is 5.69 Å². The third-order valence-corrected chi connectivity index (χ3v) is 2.74. The van der Waals surface area contributed by atoms with Crippen molar-refractivity contribution in [3.8, 4) is 17.3 Å². The lowest BCUT2D eigenvalue weighted by Crippen LogP contribution is -1.92. The average Bonchev–Trinajstić information content (AvgIpc) is 2.77. The Kier molecular flexibility index (Phi) is 2.38. The quantitative estimate of drug-likeness (QED) is 0.559. The number of fused-ring (bicyclic) bond motifs is 1. The van der Waals surface area contributed by atoms with E-state index in [1.807, 2.05) is 0 Å². The number of aromatic hydroxyl groups is 1. The molecule has 7 nitrogen and oxygen atoms in total. The van der Waals surface area contributed by atoms with Crippen LogP contribution < -0.4 is 0 Å². The van der Waals surface area contributed by atoms with E-state index in [1.54, 1.807) is 28.9 Å². The van der Waals surface area contributed by atoms with Crippen LogP contribution >= 0.6 is 0 Å². The number of benzene rings is 1. The Morgan fingerprint density at radius 1 is 1.37 bits per heavy atom. The molecule has 0 aliphatic rings. The maximum absolute atomic E-state index is 10.8.